The first kappa shape index (κ1) is 16.4. The maximum absolute atomic E-state index is 11.3. The minimum Gasteiger partial charge on any atom is -0.371 e. The molecule has 0 aromatic rings. The Labute approximate surface area is 114 Å². The van der Waals surface area contributed by atoms with Crippen LogP contribution in [0.5, 0.6) is 0 Å². The summed E-state index contributed by atoms with van der Waals surface area (Å²) in [5.74, 6) is 0.185. The lowest BCUT2D eigenvalue weighted by Gasteiger charge is -2.25. The van der Waals surface area contributed by atoms with E-state index in [2.05, 4.69) is 12.2 Å². The third-order valence-electron chi connectivity index (χ3n) is 3.24. The second-order valence-electron chi connectivity index (χ2n) is 5.04. The van der Waals surface area contributed by atoms with Gasteiger partial charge in [-0.3, -0.25) is 9.35 Å². The van der Waals surface area contributed by atoms with E-state index in [1.54, 1.807) is 0 Å². The van der Waals surface area contributed by atoms with Crippen LogP contribution in [0.3, 0.4) is 0 Å². The standard InChI is InChI=1S/C12H22NO5S/c1-10-2-4-11(5-3-10)8-18-9-12(14)13-6-7-19(15,16)17/h10-11H,1-9H2,(H,13,14)(H,15,16,17). The van der Waals surface area contributed by atoms with Crippen LogP contribution in [0.15, 0.2) is 0 Å². The smallest absolute Gasteiger partial charge is 0.266 e. The molecule has 1 amide bonds. The normalized spacial score (nSPS) is 24.1. The minimum atomic E-state index is -4.02. The van der Waals surface area contributed by atoms with Crippen molar-refractivity contribution in [2.45, 2.75) is 25.7 Å². The number of carbonyl (C=O) groups excluding carboxylic acids is 1. The van der Waals surface area contributed by atoms with Gasteiger partial charge in [-0.05, 0) is 24.7 Å². The summed E-state index contributed by atoms with van der Waals surface area (Å²) < 4.78 is 34.6. The van der Waals surface area contributed by atoms with Crippen LogP contribution in [0.2, 0.25) is 0 Å². The van der Waals surface area contributed by atoms with Crippen molar-refractivity contribution >= 4 is 16.0 Å². The van der Waals surface area contributed by atoms with E-state index in [9.17, 15) is 13.2 Å². The Morgan fingerprint density at radius 3 is 2.53 bits per heavy atom. The number of carbonyl (C=O) groups is 1. The average Bonchev–Trinajstić information content (AvgIpc) is 2.30. The van der Waals surface area contributed by atoms with E-state index >= 15 is 0 Å². The van der Waals surface area contributed by atoms with Gasteiger partial charge in [0.05, 0.1) is 12.4 Å². The molecule has 1 fully saturated rings. The first-order chi connectivity index (χ1) is 8.87. The van der Waals surface area contributed by atoms with Gasteiger partial charge in [-0.15, -0.1) is 0 Å². The van der Waals surface area contributed by atoms with Gasteiger partial charge in [0.1, 0.15) is 6.61 Å². The van der Waals surface area contributed by atoms with Gasteiger partial charge in [0.25, 0.3) is 10.1 Å². The van der Waals surface area contributed by atoms with Gasteiger partial charge in [-0.25, -0.2) is 0 Å². The summed E-state index contributed by atoms with van der Waals surface area (Å²) in [5, 5.41) is 2.37. The molecule has 0 saturated heterocycles. The summed E-state index contributed by atoms with van der Waals surface area (Å²) in [7, 11) is -4.02. The van der Waals surface area contributed by atoms with Crippen molar-refractivity contribution in [3.05, 3.63) is 6.92 Å². The number of rotatable bonds is 7. The van der Waals surface area contributed by atoms with Crippen LogP contribution in [0.1, 0.15) is 25.7 Å². The zero-order valence-electron chi connectivity index (χ0n) is 11.0. The fourth-order valence-electron chi connectivity index (χ4n) is 2.09. The van der Waals surface area contributed by atoms with Crippen molar-refractivity contribution < 1.29 is 22.5 Å². The summed E-state index contributed by atoms with van der Waals surface area (Å²) >= 11 is 0. The lowest BCUT2D eigenvalue weighted by molar-refractivity contribution is -0.126. The van der Waals surface area contributed by atoms with Crippen LogP contribution < -0.4 is 5.32 Å². The molecule has 0 bridgehead atoms. The highest BCUT2D eigenvalue weighted by Crippen LogP contribution is 2.27. The lowest BCUT2D eigenvalue weighted by atomic mass is 9.83. The number of hydrogen-bond donors (Lipinski definition) is 2. The van der Waals surface area contributed by atoms with Crippen molar-refractivity contribution in [1.82, 2.24) is 5.32 Å². The van der Waals surface area contributed by atoms with Gasteiger partial charge < -0.3 is 10.1 Å². The molecule has 1 rings (SSSR count). The van der Waals surface area contributed by atoms with E-state index in [0.717, 1.165) is 25.7 Å². The molecule has 1 aliphatic carbocycles. The van der Waals surface area contributed by atoms with Crippen molar-refractivity contribution in [2.75, 3.05) is 25.5 Å². The van der Waals surface area contributed by atoms with Crippen LogP contribution in [0.25, 0.3) is 0 Å². The first-order valence-electron chi connectivity index (χ1n) is 6.49. The molecule has 0 atom stereocenters. The second kappa shape index (κ2) is 7.81. The third kappa shape index (κ3) is 8.18. The molecule has 19 heavy (non-hydrogen) atoms. The molecule has 1 saturated carbocycles. The Kier molecular flexibility index (Phi) is 6.74. The van der Waals surface area contributed by atoms with Gasteiger partial charge in [0.2, 0.25) is 5.91 Å². The van der Waals surface area contributed by atoms with E-state index in [1.165, 1.54) is 0 Å². The van der Waals surface area contributed by atoms with E-state index < -0.39 is 15.9 Å². The Balaban J connectivity index is 2.04. The Bertz CT molecular complexity index is 374. The predicted octanol–water partition coefficient (Wildman–Crippen LogP) is 0.647. The lowest BCUT2D eigenvalue weighted by Crippen LogP contribution is -2.32. The minimum absolute atomic E-state index is 0.0736. The van der Waals surface area contributed by atoms with E-state index in [0.29, 0.717) is 18.4 Å². The molecular weight excluding hydrogens is 270 g/mol. The van der Waals surface area contributed by atoms with Gasteiger partial charge in [-0.2, -0.15) is 8.42 Å². The number of nitrogens with one attached hydrogen (secondary N) is 1. The number of hydrogen-bond acceptors (Lipinski definition) is 4. The highest BCUT2D eigenvalue weighted by Gasteiger charge is 2.18. The summed E-state index contributed by atoms with van der Waals surface area (Å²) in [6, 6.07) is 0. The van der Waals surface area contributed by atoms with Crippen LogP contribution >= 0.6 is 0 Å². The maximum Gasteiger partial charge on any atom is 0.266 e. The zero-order chi connectivity index (χ0) is 14.3. The van der Waals surface area contributed by atoms with Crippen molar-refractivity contribution in [1.29, 1.82) is 0 Å². The Morgan fingerprint density at radius 1 is 1.32 bits per heavy atom. The Morgan fingerprint density at radius 2 is 1.95 bits per heavy atom. The average molecular weight is 292 g/mol. The molecule has 0 heterocycles. The van der Waals surface area contributed by atoms with E-state index in [4.69, 9.17) is 9.29 Å². The molecule has 0 aromatic carbocycles. The molecule has 0 unspecified atom stereocenters. The van der Waals surface area contributed by atoms with Crippen LogP contribution in [-0.4, -0.2) is 44.4 Å². The first-order valence-corrected chi connectivity index (χ1v) is 8.10. The van der Waals surface area contributed by atoms with Crippen molar-refractivity contribution in [3.63, 3.8) is 0 Å². The molecular formula is C12H22NO5S. The molecule has 0 spiro atoms. The highest BCUT2D eigenvalue weighted by molar-refractivity contribution is 7.85. The summed E-state index contributed by atoms with van der Waals surface area (Å²) in [4.78, 5) is 11.3. The fraction of sp³-hybridized carbons (Fsp3) is 0.833. The summed E-state index contributed by atoms with van der Waals surface area (Å²) in [6.45, 7) is 4.40. The predicted molar refractivity (Wildman–Crippen MR) is 71.0 cm³/mol. The molecule has 6 nitrogen and oxygen atoms in total. The van der Waals surface area contributed by atoms with Gasteiger partial charge in [0.15, 0.2) is 0 Å². The van der Waals surface area contributed by atoms with E-state index in [-0.39, 0.29) is 19.1 Å². The second-order valence-corrected chi connectivity index (χ2v) is 6.61. The van der Waals surface area contributed by atoms with E-state index in [1.807, 2.05) is 0 Å². The SMILES string of the molecule is [CH2]C1CCC(COCC(=O)NCCS(=O)(=O)O)CC1. The van der Waals surface area contributed by atoms with Crippen molar-refractivity contribution in [2.24, 2.45) is 11.8 Å². The molecule has 1 radical (unpaired) electrons. The van der Waals surface area contributed by atoms with Crippen molar-refractivity contribution in [3.8, 4) is 0 Å². The fourth-order valence-corrected chi connectivity index (χ4v) is 2.45. The third-order valence-corrected chi connectivity index (χ3v) is 3.96. The summed E-state index contributed by atoms with van der Waals surface area (Å²) in [6.07, 6.45) is 4.38. The van der Waals surface area contributed by atoms with Gasteiger partial charge in [-0.1, -0.05) is 19.8 Å². The molecule has 7 heteroatoms. The zero-order valence-corrected chi connectivity index (χ0v) is 11.8. The van der Waals surface area contributed by atoms with Gasteiger partial charge in [0, 0.05) is 6.54 Å². The highest BCUT2D eigenvalue weighted by atomic mass is 32.2. The molecule has 0 aliphatic heterocycles. The van der Waals surface area contributed by atoms with Crippen LogP contribution in [-0.2, 0) is 19.6 Å². The quantitative estimate of drug-likeness (QED) is 0.672. The maximum atomic E-state index is 11.3. The molecule has 2 N–H and O–H groups in total. The molecule has 0 aromatic heterocycles. The topological polar surface area (TPSA) is 92.7 Å². The number of ether oxygens (including phenoxy) is 1. The number of amides is 1. The van der Waals surface area contributed by atoms with Crippen LogP contribution in [0, 0.1) is 18.8 Å². The largest absolute Gasteiger partial charge is 0.371 e. The van der Waals surface area contributed by atoms with Gasteiger partial charge >= 0.3 is 0 Å². The molecule has 111 valence electrons. The van der Waals surface area contributed by atoms with Crippen LogP contribution in [0.4, 0.5) is 0 Å². The summed E-state index contributed by atoms with van der Waals surface area (Å²) in [5.41, 5.74) is 0. The Hall–Kier alpha value is -0.660. The molecule has 1 aliphatic rings. The monoisotopic (exact) mass is 292 g/mol.